The second kappa shape index (κ2) is 8.18. The van der Waals surface area contributed by atoms with E-state index in [1.807, 2.05) is 24.3 Å². The average Bonchev–Trinajstić information content (AvgIpc) is 3.20. The molecule has 1 aliphatic heterocycles. The van der Waals surface area contributed by atoms with Gasteiger partial charge in [-0.25, -0.2) is 4.98 Å². The second-order valence-corrected chi connectivity index (χ2v) is 6.70. The van der Waals surface area contributed by atoms with Gasteiger partial charge in [-0.2, -0.15) is 0 Å². The van der Waals surface area contributed by atoms with Crippen LogP contribution in [0.25, 0.3) is 17.2 Å². The largest absolute Gasteiger partial charge is 0.497 e. The van der Waals surface area contributed by atoms with Crippen LogP contribution in [0.2, 0.25) is 0 Å². The molecule has 0 N–H and O–H groups in total. The molecule has 0 atom stereocenters. The van der Waals surface area contributed by atoms with Crippen LogP contribution in [-0.2, 0) is 4.79 Å². The van der Waals surface area contributed by atoms with E-state index in [4.69, 9.17) is 9.15 Å². The quantitative estimate of drug-likeness (QED) is 0.640. The average molecular weight is 391 g/mol. The van der Waals surface area contributed by atoms with Gasteiger partial charge in [0, 0.05) is 43.9 Å². The first-order valence-corrected chi connectivity index (χ1v) is 9.40. The van der Waals surface area contributed by atoms with Crippen molar-refractivity contribution in [1.29, 1.82) is 0 Å². The Labute approximate surface area is 168 Å². The summed E-state index contributed by atoms with van der Waals surface area (Å²) in [6.45, 7) is 1.96. The summed E-state index contributed by atoms with van der Waals surface area (Å²) in [6, 6.07) is 14.5. The van der Waals surface area contributed by atoms with E-state index in [1.54, 1.807) is 47.3 Å². The molecule has 0 radical (unpaired) electrons. The number of oxazole rings is 1. The molecule has 3 aromatic rings. The van der Waals surface area contributed by atoms with Gasteiger partial charge in [0.25, 0.3) is 5.91 Å². The summed E-state index contributed by atoms with van der Waals surface area (Å²) in [7, 11) is 1.59. The van der Waals surface area contributed by atoms with Crippen LogP contribution in [0, 0.1) is 0 Å². The van der Waals surface area contributed by atoms with Crippen LogP contribution in [-0.4, -0.2) is 59.9 Å². The van der Waals surface area contributed by atoms with Crippen LogP contribution in [0.4, 0.5) is 0 Å². The van der Waals surface area contributed by atoms with Gasteiger partial charge in [0.2, 0.25) is 11.8 Å². The molecule has 2 aromatic carbocycles. The maximum absolute atomic E-state index is 12.6. The number of piperazine rings is 1. The lowest BCUT2D eigenvalue weighted by Crippen LogP contribution is -2.50. The van der Waals surface area contributed by atoms with Crippen LogP contribution in [0.5, 0.6) is 5.75 Å². The van der Waals surface area contributed by atoms with E-state index in [0.717, 1.165) is 5.52 Å². The predicted molar refractivity (Wildman–Crippen MR) is 109 cm³/mol. The van der Waals surface area contributed by atoms with Crippen molar-refractivity contribution in [3.8, 4) is 5.75 Å². The summed E-state index contributed by atoms with van der Waals surface area (Å²) in [4.78, 5) is 32.9. The third kappa shape index (κ3) is 4.13. The van der Waals surface area contributed by atoms with E-state index in [0.29, 0.717) is 49.0 Å². The van der Waals surface area contributed by atoms with Crippen LogP contribution in [0.15, 0.2) is 59.0 Å². The number of hydrogen-bond donors (Lipinski definition) is 0. The molecule has 0 spiro atoms. The van der Waals surface area contributed by atoms with Crippen molar-refractivity contribution in [2.75, 3.05) is 33.3 Å². The Bertz CT molecular complexity index is 1010. The van der Waals surface area contributed by atoms with Crippen LogP contribution in [0.1, 0.15) is 16.2 Å². The normalized spacial score (nSPS) is 14.5. The number of rotatable bonds is 4. The Morgan fingerprint density at radius 1 is 1.00 bits per heavy atom. The summed E-state index contributed by atoms with van der Waals surface area (Å²) in [6.07, 6.45) is 3.04. The van der Waals surface area contributed by atoms with E-state index in [-0.39, 0.29) is 11.8 Å². The zero-order valence-corrected chi connectivity index (χ0v) is 16.1. The molecule has 7 heteroatoms. The maximum Gasteiger partial charge on any atom is 0.253 e. The highest BCUT2D eigenvalue weighted by Crippen LogP contribution is 2.16. The molecular weight excluding hydrogens is 370 g/mol. The van der Waals surface area contributed by atoms with E-state index >= 15 is 0 Å². The molecule has 1 fully saturated rings. The molecule has 1 aromatic heterocycles. The smallest absolute Gasteiger partial charge is 0.253 e. The molecule has 0 unspecified atom stereocenters. The Hall–Kier alpha value is -3.61. The van der Waals surface area contributed by atoms with Crippen LogP contribution in [0.3, 0.4) is 0 Å². The fraction of sp³-hybridized carbons (Fsp3) is 0.227. The summed E-state index contributed by atoms with van der Waals surface area (Å²) in [5.41, 5.74) is 2.05. The summed E-state index contributed by atoms with van der Waals surface area (Å²) in [5.74, 6) is 0.945. The summed E-state index contributed by atoms with van der Waals surface area (Å²) >= 11 is 0. The third-order valence-corrected chi connectivity index (χ3v) is 4.89. The lowest BCUT2D eigenvalue weighted by Gasteiger charge is -2.34. The minimum Gasteiger partial charge on any atom is -0.497 e. The zero-order chi connectivity index (χ0) is 20.2. The Morgan fingerprint density at radius 3 is 2.38 bits per heavy atom. The SMILES string of the molecule is COc1ccc(C(=O)N2CCN(C(=O)/C=C/c3nc4ccccc4o3)CC2)cc1. The van der Waals surface area contributed by atoms with Gasteiger partial charge in [-0.1, -0.05) is 12.1 Å². The number of benzene rings is 2. The van der Waals surface area contributed by atoms with Crippen LogP contribution >= 0.6 is 0 Å². The lowest BCUT2D eigenvalue weighted by molar-refractivity contribution is -0.127. The molecule has 4 rings (SSSR count). The molecule has 0 saturated carbocycles. The van der Waals surface area contributed by atoms with Crippen molar-refractivity contribution in [1.82, 2.24) is 14.8 Å². The Morgan fingerprint density at radius 2 is 1.69 bits per heavy atom. The number of ether oxygens (including phenoxy) is 1. The topological polar surface area (TPSA) is 75.9 Å². The number of carbonyl (C=O) groups is 2. The fourth-order valence-electron chi connectivity index (χ4n) is 3.26. The molecule has 2 heterocycles. The van der Waals surface area contributed by atoms with Crippen molar-refractivity contribution in [3.05, 3.63) is 66.1 Å². The van der Waals surface area contributed by atoms with Crippen molar-refractivity contribution in [2.24, 2.45) is 0 Å². The molecule has 1 saturated heterocycles. The molecule has 2 amide bonds. The van der Waals surface area contributed by atoms with Gasteiger partial charge in [-0.3, -0.25) is 9.59 Å². The second-order valence-electron chi connectivity index (χ2n) is 6.70. The number of nitrogens with zero attached hydrogens (tertiary/aromatic N) is 3. The first-order valence-electron chi connectivity index (χ1n) is 9.40. The van der Waals surface area contributed by atoms with Gasteiger partial charge in [0.15, 0.2) is 5.58 Å². The first-order chi connectivity index (χ1) is 14.1. The predicted octanol–water partition coefficient (Wildman–Crippen LogP) is 2.83. The van der Waals surface area contributed by atoms with Gasteiger partial charge in [-0.05, 0) is 36.4 Å². The van der Waals surface area contributed by atoms with Crippen molar-refractivity contribution in [2.45, 2.75) is 0 Å². The standard InChI is InChI=1S/C22H21N3O4/c1-28-17-8-6-16(7-9-17)22(27)25-14-12-24(13-15-25)21(26)11-10-20-23-18-4-2-3-5-19(18)29-20/h2-11H,12-15H2,1H3/b11-10+. The number of hydrogen-bond acceptors (Lipinski definition) is 5. The highest BCUT2D eigenvalue weighted by Gasteiger charge is 2.24. The first kappa shape index (κ1) is 18.7. The number of fused-ring (bicyclic) bond motifs is 1. The molecule has 7 nitrogen and oxygen atoms in total. The van der Waals surface area contributed by atoms with Crippen molar-refractivity contribution in [3.63, 3.8) is 0 Å². The summed E-state index contributed by atoms with van der Waals surface area (Å²) < 4.78 is 10.7. The van der Waals surface area contributed by atoms with Gasteiger partial charge in [0.05, 0.1) is 7.11 Å². The molecule has 0 bridgehead atoms. The molecule has 29 heavy (non-hydrogen) atoms. The third-order valence-electron chi connectivity index (χ3n) is 4.89. The fourth-order valence-corrected chi connectivity index (χ4v) is 3.26. The maximum atomic E-state index is 12.6. The van der Waals surface area contributed by atoms with E-state index in [9.17, 15) is 9.59 Å². The molecule has 148 valence electrons. The highest BCUT2D eigenvalue weighted by molar-refractivity contribution is 5.95. The Balaban J connectivity index is 1.33. The summed E-state index contributed by atoms with van der Waals surface area (Å²) in [5, 5.41) is 0. The van der Waals surface area contributed by atoms with Crippen molar-refractivity contribution < 1.29 is 18.7 Å². The Kier molecular flexibility index (Phi) is 5.29. The molecular formula is C22H21N3O4. The van der Waals surface area contributed by atoms with E-state index < -0.39 is 0 Å². The minimum absolute atomic E-state index is 0.0400. The van der Waals surface area contributed by atoms with Gasteiger partial charge in [0.1, 0.15) is 11.3 Å². The number of methoxy groups -OCH3 is 1. The highest BCUT2D eigenvalue weighted by atomic mass is 16.5. The monoisotopic (exact) mass is 391 g/mol. The number of carbonyl (C=O) groups excluding carboxylic acids is 2. The van der Waals surface area contributed by atoms with Crippen LogP contribution < -0.4 is 4.74 Å². The van der Waals surface area contributed by atoms with E-state index in [2.05, 4.69) is 4.98 Å². The van der Waals surface area contributed by atoms with Gasteiger partial charge >= 0.3 is 0 Å². The minimum atomic E-state index is -0.121. The molecule has 1 aliphatic rings. The zero-order valence-electron chi connectivity index (χ0n) is 16.1. The molecule has 0 aliphatic carbocycles. The van der Waals surface area contributed by atoms with Gasteiger partial charge in [-0.15, -0.1) is 0 Å². The van der Waals surface area contributed by atoms with E-state index in [1.165, 1.54) is 6.08 Å². The van der Waals surface area contributed by atoms with Gasteiger partial charge < -0.3 is 19.0 Å². The number of para-hydroxylation sites is 2. The number of amides is 2. The van der Waals surface area contributed by atoms with Crippen molar-refractivity contribution >= 4 is 29.0 Å². The number of aromatic nitrogens is 1. The lowest BCUT2D eigenvalue weighted by atomic mass is 10.1.